The summed E-state index contributed by atoms with van der Waals surface area (Å²) < 4.78 is 7.61. The lowest BCUT2D eigenvalue weighted by Crippen LogP contribution is -2.31. The van der Waals surface area contributed by atoms with E-state index < -0.39 is 0 Å². The molecule has 0 bridgehead atoms. The van der Waals surface area contributed by atoms with Crippen LogP contribution in [0.4, 0.5) is 0 Å². The number of aryl methyl sites for hydroxylation is 2. The maximum atomic E-state index is 5.46. The van der Waals surface area contributed by atoms with Crippen LogP contribution in [0.2, 0.25) is 0 Å². The Morgan fingerprint density at radius 2 is 2.17 bits per heavy atom. The van der Waals surface area contributed by atoms with Gasteiger partial charge in [0.15, 0.2) is 0 Å². The van der Waals surface area contributed by atoms with E-state index in [2.05, 4.69) is 42.1 Å². The van der Waals surface area contributed by atoms with Gasteiger partial charge in [-0.05, 0) is 45.2 Å². The monoisotopic (exact) mass is 251 g/mol. The predicted molar refractivity (Wildman–Crippen MR) is 72.6 cm³/mol. The number of hydrogen-bond donors (Lipinski definition) is 1. The van der Waals surface area contributed by atoms with Crippen molar-refractivity contribution < 1.29 is 4.74 Å². The summed E-state index contributed by atoms with van der Waals surface area (Å²) >= 11 is 0. The number of aromatic nitrogens is 2. The van der Waals surface area contributed by atoms with Gasteiger partial charge >= 0.3 is 0 Å². The molecule has 1 N–H and O–H groups in total. The van der Waals surface area contributed by atoms with E-state index in [1.807, 2.05) is 0 Å². The average molecular weight is 251 g/mol. The third kappa shape index (κ3) is 2.75. The molecule has 0 aromatic carbocycles. The third-order valence-electron chi connectivity index (χ3n) is 3.89. The lowest BCUT2D eigenvalue weighted by atomic mass is 9.89. The van der Waals surface area contributed by atoms with Gasteiger partial charge in [-0.1, -0.05) is 6.92 Å². The van der Waals surface area contributed by atoms with Crippen LogP contribution in [-0.2, 0) is 17.7 Å². The van der Waals surface area contributed by atoms with Crippen molar-refractivity contribution in [3.05, 3.63) is 17.5 Å². The molecule has 0 saturated carbocycles. The van der Waals surface area contributed by atoms with E-state index in [0.29, 0.717) is 12.0 Å². The van der Waals surface area contributed by atoms with Crippen LogP contribution < -0.4 is 5.32 Å². The third-order valence-corrected chi connectivity index (χ3v) is 3.89. The minimum Gasteiger partial charge on any atom is -0.381 e. The first-order valence-corrected chi connectivity index (χ1v) is 7.11. The van der Waals surface area contributed by atoms with Crippen molar-refractivity contribution in [1.82, 2.24) is 15.1 Å². The van der Waals surface area contributed by atoms with Gasteiger partial charge in [0.2, 0.25) is 0 Å². The Morgan fingerprint density at radius 1 is 1.44 bits per heavy atom. The fourth-order valence-corrected chi connectivity index (χ4v) is 2.84. The highest BCUT2D eigenvalue weighted by Gasteiger charge is 2.27. The molecule has 1 saturated heterocycles. The molecule has 2 heterocycles. The molecule has 0 spiro atoms. The molecule has 2 rings (SSSR count). The van der Waals surface area contributed by atoms with E-state index in [1.54, 1.807) is 0 Å². The van der Waals surface area contributed by atoms with Gasteiger partial charge in [0.25, 0.3) is 0 Å². The zero-order valence-corrected chi connectivity index (χ0v) is 11.8. The second-order valence-electron chi connectivity index (χ2n) is 4.95. The van der Waals surface area contributed by atoms with E-state index in [4.69, 9.17) is 4.74 Å². The average Bonchev–Trinajstić information content (AvgIpc) is 2.84. The Balaban J connectivity index is 2.22. The molecular formula is C14H25N3O. The number of hydrogen-bond acceptors (Lipinski definition) is 3. The van der Waals surface area contributed by atoms with Crippen molar-refractivity contribution in [2.24, 2.45) is 5.92 Å². The normalized spacial score (nSPS) is 19.1. The van der Waals surface area contributed by atoms with E-state index >= 15 is 0 Å². The summed E-state index contributed by atoms with van der Waals surface area (Å²) in [6, 6.07) is 2.67. The second kappa shape index (κ2) is 6.34. The molecule has 1 aromatic heterocycles. The van der Waals surface area contributed by atoms with Crippen LogP contribution in [0.5, 0.6) is 0 Å². The van der Waals surface area contributed by atoms with Crippen LogP contribution in [0.15, 0.2) is 6.07 Å². The molecule has 1 fully saturated rings. The first kappa shape index (κ1) is 13.6. The van der Waals surface area contributed by atoms with E-state index in [-0.39, 0.29) is 0 Å². The zero-order chi connectivity index (χ0) is 13.0. The van der Waals surface area contributed by atoms with Crippen LogP contribution in [-0.4, -0.2) is 30.0 Å². The molecule has 18 heavy (non-hydrogen) atoms. The standard InChI is InChI=1S/C14H25N3O/c1-4-12-10-13(17(5-2)16-12)14(15-3)11-6-8-18-9-7-11/h10-11,14-15H,4-9H2,1-3H3. The molecule has 1 atom stereocenters. The summed E-state index contributed by atoms with van der Waals surface area (Å²) in [4.78, 5) is 0. The van der Waals surface area contributed by atoms with Gasteiger partial charge in [-0.25, -0.2) is 0 Å². The summed E-state index contributed by atoms with van der Waals surface area (Å²) in [5.41, 5.74) is 2.53. The lowest BCUT2D eigenvalue weighted by molar-refractivity contribution is 0.0535. The Labute approximate surface area is 110 Å². The molecule has 1 aliphatic heterocycles. The van der Waals surface area contributed by atoms with Crippen LogP contribution in [0.3, 0.4) is 0 Å². The number of nitrogens with zero attached hydrogens (tertiary/aromatic N) is 2. The number of ether oxygens (including phenoxy) is 1. The van der Waals surface area contributed by atoms with E-state index in [1.165, 1.54) is 11.4 Å². The fourth-order valence-electron chi connectivity index (χ4n) is 2.84. The van der Waals surface area contributed by atoms with Crippen LogP contribution in [0, 0.1) is 5.92 Å². The maximum absolute atomic E-state index is 5.46. The fraction of sp³-hybridized carbons (Fsp3) is 0.786. The molecule has 0 aliphatic carbocycles. The SMILES string of the molecule is CCc1cc(C(NC)C2CCOCC2)n(CC)n1. The number of rotatable bonds is 5. The van der Waals surface area contributed by atoms with Crippen molar-refractivity contribution in [3.63, 3.8) is 0 Å². The minimum absolute atomic E-state index is 0.404. The molecule has 1 unspecified atom stereocenters. The predicted octanol–water partition coefficient (Wildman–Crippen LogP) is 2.15. The summed E-state index contributed by atoms with van der Waals surface area (Å²) in [7, 11) is 2.05. The quantitative estimate of drug-likeness (QED) is 0.871. The highest BCUT2D eigenvalue weighted by atomic mass is 16.5. The van der Waals surface area contributed by atoms with E-state index in [0.717, 1.165) is 39.0 Å². The van der Waals surface area contributed by atoms with Crippen LogP contribution >= 0.6 is 0 Å². The molecular weight excluding hydrogens is 226 g/mol. The molecule has 0 radical (unpaired) electrons. The van der Waals surface area contributed by atoms with Crippen LogP contribution in [0.25, 0.3) is 0 Å². The van der Waals surface area contributed by atoms with E-state index in [9.17, 15) is 0 Å². The highest BCUT2D eigenvalue weighted by Crippen LogP contribution is 2.30. The molecule has 1 aliphatic rings. The first-order chi connectivity index (χ1) is 8.80. The number of nitrogens with one attached hydrogen (secondary N) is 1. The van der Waals surface area contributed by atoms with Gasteiger partial charge in [0, 0.05) is 19.8 Å². The molecule has 4 heteroatoms. The van der Waals surface area contributed by atoms with Gasteiger partial charge in [0.1, 0.15) is 0 Å². The summed E-state index contributed by atoms with van der Waals surface area (Å²) in [6.45, 7) is 7.05. The second-order valence-corrected chi connectivity index (χ2v) is 4.95. The van der Waals surface area contributed by atoms with Crippen molar-refractivity contribution in [2.75, 3.05) is 20.3 Å². The summed E-state index contributed by atoms with van der Waals surface area (Å²) in [5, 5.41) is 8.14. The molecule has 1 aromatic rings. The zero-order valence-electron chi connectivity index (χ0n) is 11.8. The Morgan fingerprint density at radius 3 is 2.72 bits per heavy atom. The summed E-state index contributed by atoms with van der Waals surface area (Å²) in [5.74, 6) is 0.662. The molecule has 102 valence electrons. The Hall–Kier alpha value is -0.870. The van der Waals surface area contributed by atoms with Gasteiger partial charge < -0.3 is 10.1 Å². The lowest BCUT2D eigenvalue weighted by Gasteiger charge is -2.30. The Bertz CT molecular complexity index is 369. The van der Waals surface area contributed by atoms with Crippen molar-refractivity contribution in [3.8, 4) is 0 Å². The smallest absolute Gasteiger partial charge is 0.0625 e. The van der Waals surface area contributed by atoms with Gasteiger partial charge in [-0.15, -0.1) is 0 Å². The first-order valence-electron chi connectivity index (χ1n) is 7.11. The Kier molecular flexibility index (Phi) is 4.78. The minimum atomic E-state index is 0.404. The van der Waals surface area contributed by atoms with Crippen molar-refractivity contribution in [2.45, 2.75) is 45.7 Å². The van der Waals surface area contributed by atoms with Crippen molar-refractivity contribution >= 4 is 0 Å². The maximum Gasteiger partial charge on any atom is 0.0625 e. The topological polar surface area (TPSA) is 39.1 Å². The van der Waals surface area contributed by atoms with Crippen molar-refractivity contribution in [1.29, 1.82) is 0 Å². The molecule has 4 nitrogen and oxygen atoms in total. The largest absolute Gasteiger partial charge is 0.381 e. The van der Waals surface area contributed by atoms with Gasteiger partial charge in [-0.2, -0.15) is 5.10 Å². The highest BCUT2D eigenvalue weighted by molar-refractivity contribution is 5.15. The van der Waals surface area contributed by atoms with Gasteiger partial charge in [-0.3, -0.25) is 4.68 Å². The molecule has 0 amide bonds. The van der Waals surface area contributed by atoms with Gasteiger partial charge in [0.05, 0.1) is 17.4 Å². The van der Waals surface area contributed by atoms with Crippen LogP contribution in [0.1, 0.15) is 44.1 Å². The summed E-state index contributed by atoms with van der Waals surface area (Å²) in [6.07, 6.45) is 3.29.